The molecule has 0 unspecified atom stereocenters. The number of hydrogen-bond acceptors (Lipinski definition) is 3. The smallest absolute Gasteiger partial charge is 0.288 e. The van der Waals surface area contributed by atoms with Crippen molar-refractivity contribution in [2.75, 3.05) is 18.4 Å². The van der Waals surface area contributed by atoms with Crippen molar-refractivity contribution in [1.82, 2.24) is 5.32 Å². The van der Waals surface area contributed by atoms with Gasteiger partial charge in [-0.05, 0) is 30.8 Å². The van der Waals surface area contributed by atoms with Gasteiger partial charge in [0.05, 0.1) is 0 Å². The van der Waals surface area contributed by atoms with Gasteiger partial charge in [0.2, 0.25) is 5.91 Å². The number of alkyl halides is 2. The van der Waals surface area contributed by atoms with Crippen LogP contribution in [0.25, 0.3) is 0 Å². The molecule has 3 nitrogen and oxygen atoms in total. The molecule has 0 heterocycles. The highest BCUT2D eigenvalue weighted by molar-refractivity contribution is 7.99. The van der Waals surface area contributed by atoms with Crippen LogP contribution in [0.3, 0.4) is 0 Å². The van der Waals surface area contributed by atoms with E-state index in [0.717, 1.165) is 6.54 Å². The number of anilines is 1. The van der Waals surface area contributed by atoms with Gasteiger partial charge < -0.3 is 10.6 Å². The monoisotopic (exact) mass is 274 g/mol. The molecule has 0 aromatic heterocycles. The fourth-order valence-corrected chi connectivity index (χ4v) is 1.82. The molecule has 0 saturated carbocycles. The molecule has 1 aromatic carbocycles. The molecule has 18 heavy (non-hydrogen) atoms. The highest BCUT2D eigenvalue weighted by atomic mass is 32.2. The maximum absolute atomic E-state index is 12.1. The minimum absolute atomic E-state index is 0.0924. The van der Waals surface area contributed by atoms with Crippen LogP contribution < -0.4 is 10.6 Å². The SMILES string of the molecule is CCNCCC(=O)Nc1ccc(SC(F)F)cc1. The minimum Gasteiger partial charge on any atom is -0.326 e. The van der Waals surface area contributed by atoms with Gasteiger partial charge in [-0.2, -0.15) is 8.78 Å². The van der Waals surface area contributed by atoms with Gasteiger partial charge >= 0.3 is 0 Å². The molecule has 0 fully saturated rings. The lowest BCUT2D eigenvalue weighted by atomic mass is 10.3. The van der Waals surface area contributed by atoms with Crippen molar-refractivity contribution in [3.05, 3.63) is 24.3 Å². The average molecular weight is 274 g/mol. The summed E-state index contributed by atoms with van der Waals surface area (Å²) < 4.78 is 24.2. The topological polar surface area (TPSA) is 41.1 Å². The van der Waals surface area contributed by atoms with Crippen molar-refractivity contribution in [2.24, 2.45) is 0 Å². The second-order valence-corrected chi connectivity index (χ2v) is 4.62. The zero-order valence-corrected chi connectivity index (χ0v) is 10.9. The van der Waals surface area contributed by atoms with Crippen molar-refractivity contribution in [3.63, 3.8) is 0 Å². The number of amides is 1. The highest BCUT2D eigenvalue weighted by Crippen LogP contribution is 2.26. The van der Waals surface area contributed by atoms with E-state index in [0.29, 0.717) is 35.3 Å². The first-order valence-electron chi connectivity index (χ1n) is 5.67. The molecule has 0 radical (unpaired) electrons. The molecule has 100 valence electrons. The molecule has 1 rings (SSSR count). The van der Waals surface area contributed by atoms with Crippen LogP contribution in [0.2, 0.25) is 0 Å². The second kappa shape index (κ2) is 8.05. The molecule has 2 N–H and O–H groups in total. The van der Waals surface area contributed by atoms with Gasteiger partial charge in [0, 0.05) is 23.5 Å². The van der Waals surface area contributed by atoms with Crippen molar-refractivity contribution in [3.8, 4) is 0 Å². The zero-order valence-electron chi connectivity index (χ0n) is 10.1. The van der Waals surface area contributed by atoms with Crippen LogP contribution in [0.15, 0.2) is 29.2 Å². The Morgan fingerprint density at radius 1 is 1.33 bits per heavy atom. The predicted molar refractivity (Wildman–Crippen MR) is 70.1 cm³/mol. The Bertz CT molecular complexity index is 371. The Kier molecular flexibility index (Phi) is 6.67. The molecule has 0 spiro atoms. The predicted octanol–water partition coefficient (Wildman–Crippen LogP) is 2.94. The van der Waals surface area contributed by atoms with Crippen LogP contribution in [0.4, 0.5) is 14.5 Å². The summed E-state index contributed by atoms with van der Waals surface area (Å²) in [5.74, 6) is -2.52. The Morgan fingerprint density at radius 3 is 2.56 bits per heavy atom. The van der Waals surface area contributed by atoms with Crippen molar-refractivity contribution in [1.29, 1.82) is 0 Å². The fraction of sp³-hybridized carbons (Fsp3) is 0.417. The summed E-state index contributed by atoms with van der Waals surface area (Å²) in [5.41, 5.74) is 0.620. The van der Waals surface area contributed by atoms with Gasteiger partial charge in [-0.25, -0.2) is 0 Å². The van der Waals surface area contributed by atoms with Crippen LogP contribution in [0.5, 0.6) is 0 Å². The van der Waals surface area contributed by atoms with Gasteiger partial charge in [-0.3, -0.25) is 4.79 Å². The second-order valence-electron chi connectivity index (χ2n) is 3.55. The largest absolute Gasteiger partial charge is 0.326 e. The van der Waals surface area contributed by atoms with Crippen molar-refractivity contribution >= 4 is 23.4 Å². The lowest BCUT2D eigenvalue weighted by Gasteiger charge is -2.06. The lowest BCUT2D eigenvalue weighted by Crippen LogP contribution is -2.21. The van der Waals surface area contributed by atoms with Gasteiger partial charge in [-0.1, -0.05) is 18.7 Å². The van der Waals surface area contributed by atoms with E-state index in [4.69, 9.17) is 0 Å². The third-order valence-electron chi connectivity index (χ3n) is 2.14. The normalized spacial score (nSPS) is 10.7. The van der Waals surface area contributed by atoms with E-state index in [1.54, 1.807) is 24.3 Å². The van der Waals surface area contributed by atoms with E-state index in [-0.39, 0.29) is 5.91 Å². The number of benzene rings is 1. The molecule has 0 atom stereocenters. The average Bonchev–Trinajstić information content (AvgIpc) is 2.31. The number of carbonyl (C=O) groups is 1. The zero-order chi connectivity index (χ0) is 13.4. The minimum atomic E-state index is -2.43. The summed E-state index contributed by atoms with van der Waals surface area (Å²) in [4.78, 5) is 12.0. The summed E-state index contributed by atoms with van der Waals surface area (Å²) in [6.07, 6.45) is 0.390. The number of hydrogen-bond donors (Lipinski definition) is 2. The lowest BCUT2D eigenvalue weighted by molar-refractivity contribution is -0.116. The third kappa shape index (κ3) is 5.97. The van der Waals surface area contributed by atoms with Gasteiger partial charge in [0.25, 0.3) is 5.76 Å². The Hall–Kier alpha value is -1.14. The fourth-order valence-electron chi connectivity index (χ4n) is 1.32. The van der Waals surface area contributed by atoms with E-state index in [9.17, 15) is 13.6 Å². The molecule has 0 bridgehead atoms. The number of thioether (sulfide) groups is 1. The van der Waals surface area contributed by atoms with Gasteiger partial charge in [-0.15, -0.1) is 0 Å². The molecule has 0 aliphatic rings. The van der Waals surface area contributed by atoms with E-state index in [1.165, 1.54) is 0 Å². The summed E-state index contributed by atoms with van der Waals surface area (Å²) >= 11 is 0.487. The number of rotatable bonds is 7. The first-order chi connectivity index (χ1) is 8.61. The molecule has 0 saturated heterocycles. The number of carbonyl (C=O) groups excluding carboxylic acids is 1. The Morgan fingerprint density at radius 2 is 2.00 bits per heavy atom. The molecule has 0 aliphatic heterocycles. The van der Waals surface area contributed by atoms with Crippen LogP contribution in [0.1, 0.15) is 13.3 Å². The highest BCUT2D eigenvalue weighted by Gasteiger charge is 2.06. The van der Waals surface area contributed by atoms with Crippen molar-refractivity contribution < 1.29 is 13.6 Å². The molecular weight excluding hydrogens is 258 g/mol. The summed E-state index contributed by atoms with van der Waals surface area (Å²) in [6, 6.07) is 6.37. The number of halogens is 2. The quantitative estimate of drug-likeness (QED) is 0.593. The molecule has 0 aliphatic carbocycles. The van der Waals surface area contributed by atoms with Crippen LogP contribution in [0, 0.1) is 0 Å². The summed E-state index contributed by atoms with van der Waals surface area (Å²) in [5, 5.41) is 5.75. The first-order valence-corrected chi connectivity index (χ1v) is 6.55. The third-order valence-corrected chi connectivity index (χ3v) is 2.86. The molecule has 6 heteroatoms. The van der Waals surface area contributed by atoms with E-state index in [1.807, 2.05) is 6.92 Å². The maximum Gasteiger partial charge on any atom is 0.288 e. The Labute approximate surface area is 109 Å². The van der Waals surface area contributed by atoms with Gasteiger partial charge in [0.15, 0.2) is 0 Å². The maximum atomic E-state index is 12.1. The molecular formula is C12H16F2N2OS. The van der Waals surface area contributed by atoms with E-state index >= 15 is 0 Å². The van der Waals surface area contributed by atoms with Crippen LogP contribution >= 0.6 is 11.8 Å². The van der Waals surface area contributed by atoms with E-state index in [2.05, 4.69) is 10.6 Å². The number of nitrogens with one attached hydrogen (secondary N) is 2. The molecule has 1 amide bonds. The standard InChI is InChI=1S/C12H16F2N2OS/c1-2-15-8-7-11(17)16-9-3-5-10(6-4-9)18-12(13)14/h3-6,12,15H,2,7-8H2,1H3,(H,16,17). The van der Waals surface area contributed by atoms with Crippen molar-refractivity contribution in [2.45, 2.75) is 24.0 Å². The van der Waals surface area contributed by atoms with Crippen LogP contribution in [-0.4, -0.2) is 24.8 Å². The molecule has 1 aromatic rings. The first kappa shape index (κ1) is 14.9. The van der Waals surface area contributed by atoms with E-state index < -0.39 is 5.76 Å². The summed E-state index contributed by atoms with van der Waals surface area (Å²) in [7, 11) is 0. The van der Waals surface area contributed by atoms with Crippen LogP contribution in [-0.2, 0) is 4.79 Å². The Balaban J connectivity index is 2.40. The van der Waals surface area contributed by atoms with Gasteiger partial charge in [0.1, 0.15) is 0 Å². The summed E-state index contributed by atoms with van der Waals surface area (Å²) in [6.45, 7) is 3.42.